The quantitative estimate of drug-likeness (QED) is 0.482. The van der Waals surface area contributed by atoms with Crippen molar-refractivity contribution in [3.63, 3.8) is 0 Å². The average Bonchev–Trinajstić information content (AvgIpc) is 3.12. The Balaban J connectivity index is 1.57. The molecule has 1 N–H and O–H groups in total. The number of nitrogens with one attached hydrogen (secondary N) is 1. The zero-order valence-electron chi connectivity index (χ0n) is 15.6. The van der Waals surface area contributed by atoms with Crippen LogP contribution in [0.15, 0.2) is 22.5 Å². The summed E-state index contributed by atoms with van der Waals surface area (Å²) in [5.41, 5.74) is -0.0361. The third-order valence-corrected chi connectivity index (χ3v) is 8.52. The summed E-state index contributed by atoms with van der Waals surface area (Å²) in [6.07, 6.45) is 0.761. The number of rotatable bonds is 7. The van der Waals surface area contributed by atoms with Crippen LogP contribution >= 0.6 is 34.7 Å². The zero-order chi connectivity index (χ0) is 21.0. The molecular weight excluding hydrogens is 459 g/mol. The van der Waals surface area contributed by atoms with Gasteiger partial charge in [-0.2, -0.15) is 0 Å². The number of sulfonamides is 1. The maximum absolute atomic E-state index is 13.9. The fourth-order valence-corrected chi connectivity index (χ4v) is 6.56. The number of amides is 1. The summed E-state index contributed by atoms with van der Waals surface area (Å²) in [5, 5.41) is 11.2. The summed E-state index contributed by atoms with van der Waals surface area (Å²) in [4.78, 5) is 12.5. The van der Waals surface area contributed by atoms with Crippen LogP contribution < -0.4 is 5.32 Å². The minimum absolute atomic E-state index is 0.0361. The highest BCUT2D eigenvalue weighted by Gasteiger charge is 2.32. The summed E-state index contributed by atoms with van der Waals surface area (Å²) in [6.45, 7) is 2.39. The van der Waals surface area contributed by atoms with E-state index in [0.717, 1.165) is 10.1 Å². The molecule has 1 aromatic heterocycles. The van der Waals surface area contributed by atoms with E-state index in [0.29, 0.717) is 18.0 Å². The van der Waals surface area contributed by atoms with Crippen LogP contribution in [0.25, 0.3) is 0 Å². The summed E-state index contributed by atoms with van der Waals surface area (Å²) in [6, 6.07) is 4.08. The van der Waals surface area contributed by atoms with Crippen LogP contribution in [0.2, 0.25) is 5.02 Å². The van der Waals surface area contributed by atoms with Crippen molar-refractivity contribution in [1.29, 1.82) is 0 Å². The van der Waals surface area contributed by atoms with Crippen molar-refractivity contribution in [2.45, 2.75) is 29.9 Å². The predicted octanol–water partition coefficient (Wildman–Crippen LogP) is 3.62. The van der Waals surface area contributed by atoms with E-state index in [1.807, 2.05) is 6.92 Å². The van der Waals surface area contributed by atoms with Gasteiger partial charge in [0.15, 0.2) is 4.34 Å². The van der Waals surface area contributed by atoms with Crippen LogP contribution in [0, 0.1) is 11.7 Å². The van der Waals surface area contributed by atoms with Crippen LogP contribution in [-0.2, 0) is 20.6 Å². The number of benzene rings is 1. The molecule has 3 rings (SSSR count). The standard InChI is InChI=1S/C17H20ClFN4O3S3/c1-2-27-17-22-21-16(28-17)20-15(24)11-6-8-23(9-7-11)29(25,26)10-12-13(18)4-3-5-14(12)19/h3-5,11H,2,6-10H2,1H3,(H,20,21,24). The molecule has 2 aromatic rings. The fourth-order valence-electron chi connectivity index (χ4n) is 2.99. The number of aromatic nitrogens is 2. The van der Waals surface area contributed by atoms with Crippen LogP contribution in [0.5, 0.6) is 0 Å². The Morgan fingerprint density at radius 2 is 2.10 bits per heavy atom. The number of hydrogen-bond acceptors (Lipinski definition) is 7. The maximum Gasteiger partial charge on any atom is 0.229 e. The Hall–Kier alpha value is -1.27. The van der Waals surface area contributed by atoms with E-state index in [4.69, 9.17) is 11.6 Å². The normalized spacial score (nSPS) is 16.1. The lowest BCUT2D eigenvalue weighted by molar-refractivity contribution is -0.120. The monoisotopic (exact) mass is 478 g/mol. The minimum Gasteiger partial charge on any atom is -0.300 e. The van der Waals surface area contributed by atoms with Crippen LogP contribution in [0.3, 0.4) is 0 Å². The smallest absolute Gasteiger partial charge is 0.229 e. The molecule has 29 heavy (non-hydrogen) atoms. The molecule has 0 spiro atoms. The summed E-state index contributed by atoms with van der Waals surface area (Å²) in [7, 11) is -3.74. The van der Waals surface area contributed by atoms with Crippen molar-refractivity contribution in [3.8, 4) is 0 Å². The van der Waals surface area contributed by atoms with Gasteiger partial charge in [-0.25, -0.2) is 17.1 Å². The third kappa shape index (κ3) is 5.66. The van der Waals surface area contributed by atoms with Crippen LogP contribution in [-0.4, -0.2) is 47.7 Å². The molecule has 0 bridgehead atoms. The Labute approximate surface area is 182 Å². The first-order valence-electron chi connectivity index (χ1n) is 8.98. The van der Waals surface area contributed by atoms with Crippen molar-refractivity contribution < 1.29 is 17.6 Å². The highest BCUT2D eigenvalue weighted by Crippen LogP contribution is 2.28. The van der Waals surface area contributed by atoms with Gasteiger partial charge in [0.2, 0.25) is 21.1 Å². The lowest BCUT2D eigenvalue weighted by Crippen LogP contribution is -2.42. The van der Waals surface area contributed by atoms with Crippen molar-refractivity contribution >= 4 is 55.8 Å². The van der Waals surface area contributed by atoms with Crippen molar-refractivity contribution in [1.82, 2.24) is 14.5 Å². The summed E-state index contributed by atoms with van der Waals surface area (Å²) >= 11 is 8.81. The van der Waals surface area contributed by atoms with E-state index >= 15 is 0 Å². The first-order chi connectivity index (χ1) is 13.8. The van der Waals surface area contributed by atoms with Crippen LogP contribution in [0.1, 0.15) is 25.3 Å². The predicted molar refractivity (Wildman–Crippen MR) is 113 cm³/mol. The Morgan fingerprint density at radius 1 is 1.38 bits per heavy atom. The number of hydrogen-bond donors (Lipinski definition) is 1. The number of carbonyl (C=O) groups is 1. The Morgan fingerprint density at radius 3 is 2.76 bits per heavy atom. The first-order valence-corrected chi connectivity index (χ1v) is 12.8. The van der Waals surface area contributed by atoms with Gasteiger partial charge in [-0.3, -0.25) is 4.79 Å². The maximum atomic E-state index is 13.9. The lowest BCUT2D eigenvalue weighted by Gasteiger charge is -2.30. The molecular formula is C17H20ClFN4O3S3. The van der Waals surface area contributed by atoms with Gasteiger partial charge in [0.05, 0.1) is 5.75 Å². The number of piperidine rings is 1. The molecule has 0 unspecified atom stereocenters. The molecule has 1 amide bonds. The second-order valence-electron chi connectivity index (χ2n) is 6.43. The SMILES string of the molecule is CCSc1nnc(NC(=O)C2CCN(S(=O)(=O)Cc3c(F)cccc3Cl)CC2)s1. The van der Waals surface area contributed by atoms with Crippen molar-refractivity contribution in [2.24, 2.45) is 5.92 Å². The van der Waals surface area contributed by atoms with E-state index in [-0.39, 0.29) is 35.5 Å². The molecule has 158 valence electrons. The molecule has 12 heteroatoms. The Kier molecular flexibility index (Phi) is 7.49. The third-order valence-electron chi connectivity index (χ3n) is 4.51. The number of thioether (sulfide) groups is 1. The molecule has 0 atom stereocenters. The van der Waals surface area contributed by atoms with E-state index in [2.05, 4.69) is 15.5 Å². The average molecular weight is 479 g/mol. The molecule has 7 nitrogen and oxygen atoms in total. The molecule has 1 fully saturated rings. The zero-order valence-corrected chi connectivity index (χ0v) is 18.8. The molecule has 0 saturated carbocycles. The highest BCUT2D eigenvalue weighted by molar-refractivity contribution is 8.01. The number of carbonyl (C=O) groups excluding carboxylic acids is 1. The summed E-state index contributed by atoms with van der Waals surface area (Å²) in [5.74, 6) is -0.785. The second kappa shape index (κ2) is 9.69. The minimum atomic E-state index is -3.74. The number of nitrogens with zero attached hydrogens (tertiary/aromatic N) is 3. The van der Waals surface area contributed by atoms with Crippen molar-refractivity contribution in [3.05, 3.63) is 34.6 Å². The molecule has 1 aliphatic heterocycles. The van der Waals surface area contributed by atoms with Gasteiger partial charge in [-0.05, 0) is 30.7 Å². The fraction of sp³-hybridized carbons (Fsp3) is 0.471. The van der Waals surface area contributed by atoms with Gasteiger partial charge in [0, 0.05) is 29.6 Å². The molecule has 1 aliphatic rings. The van der Waals surface area contributed by atoms with Gasteiger partial charge in [-0.15, -0.1) is 10.2 Å². The lowest BCUT2D eigenvalue weighted by atomic mass is 9.97. The molecule has 2 heterocycles. The van der Waals surface area contributed by atoms with E-state index < -0.39 is 21.6 Å². The number of anilines is 1. The van der Waals surface area contributed by atoms with E-state index in [1.54, 1.807) is 11.8 Å². The molecule has 1 aromatic carbocycles. The topological polar surface area (TPSA) is 92.3 Å². The van der Waals surface area contributed by atoms with Gasteiger partial charge in [0.25, 0.3) is 0 Å². The van der Waals surface area contributed by atoms with Crippen molar-refractivity contribution in [2.75, 3.05) is 24.2 Å². The van der Waals surface area contributed by atoms with Crippen LogP contribution in [0.4, 0.5) is 9.52 Å². The van der Waals surface area contributed by atoms with E-state index in [1.165, 1.54) is 33.8 Å². The van der Waals surface area contributed by atoms with Gasteiger partial charge in [0.1, 0.15) is 5.82 Å². The number of halogens is 2. The molecule has 0 aliphatic carbocycles. The summed E-state index contributed by atoms with van der Waals surface area (Å²) < 4.78 is 41.4. The highest BCUT2D eigenvalue weighted by atomic mass is 35.5. The largest absolute Gasteiger partial charge is 0.300 e. The van der Waals surface area contributed by atoms with Gasteiger partial charge in [-0.1, -0.05) is 47.7 Å². The van der Waals surface area contributed by atoms with Gasteiger partial charge < -0.3 is 5.32 Å². The Bertz CT molecular complexity index is 958. The first kappa shape index (κ1) is 22.4. The molecule has 0 radical (unpaired) electrons. The second-order valence-corrected chi connectivity index (χ2v) is 11.3. The van der Waals surface area contributed by atoms with Gasteiger partial charge >= 0.3 is 0 Å². The molecule has 1 saturated heterocycles. The van der Waals surface area contributed by atoms with E-state index in [9.17, 15) is 17.6 Å².